The molecule has 0 saturated carbocycles. The van der Waals surface area contributed by atoms with Gasteiger partial charge in [-0.05, 0) is 37.1 Å². The molecule has 154 valence electrons. The maximum Gasteiger partial charge on any atom is 0.417 e. The van der Waals surface area contributed by atoms with E-state index in [-0.39, 0.29) is 29.7 Å². The highest BCUT2D eigenvalue weighted by molar-refractivity contribution is 6.33. The van der Waals surface area contributed by atoms with Crippen LogP contribution in [0.25, 0.3) is 0 Å². The molecule has 0 spiro atoms. The smallest absolute Gasteiger partial charge is 0.349 e. The van der Waals surface area contributed by atoms with E-state index in [4.69, 9.17) is 11.6 Å². The summed E-state index contributed by atoms with van der Waals surface area (Å²) in [5.41, 5.74) is -1.64. The molecular formula is C20H17ClF4N2O2. The van der Waals surface area contributed by atoms with Gasteiger partial charge in [0.2, 0.25) is 0 Å². The molecule has 0 radical (unpaired) electrons. The van der Waals surface area contributed by atoms with Gasteiger partial charge in [0.25, 0.3) is 11.8 Å². The van der Waals surface area contributed by atoms with Crippen LogP contribution >= 0.6 is 11.6 Å². The SMILES string of the molecule is O=C(NC1CCN(C(=O)c2ccccc2C(F)(F)F)CC1)c1c(F)cccc1Cl. The third kappa shape index (κ3) is 4.70. The summed E-state index contributed by atoms with van der Waals surface area (Å²) < 4.78 is 53.3. The molecule has 4 nitrogen and oxygen atoms in total. The molecule has 29 heavy (non-hydrogen) atoms. The maximum absolute atomic E-state index is 13.9. The van der Waals surface area contributed by atoms with Gasteiger partial charge in [0.15, 0.2) is 0 Å². The number of hydrogen-bond acceptors (Lipinski definition) is 2. The Morgan fingerprint density at radius 2 is 1.69 bits per heavy atom. The van der Waals surface area contributed by atoms with Crippen molar-refractivity contribution < 1.29 is 27.2 Å². The maximum atomic E-state index is 13.9. The van der Waals surface area contributed by atoms with E-state index in [0.717, 1.165) is 18.2 Å². The molecule has 2 aromatic carbocycles. The van der Waals surface area contributed by atoms with Crippen LogP contribution in [0.4, 0.5) is 17.6 Å². The second kappa shape index (κ2) is 8.41. The van der Waals surface area contributed by atoms with Crippen LogP contribution in [0.2, 0.25) is 5.02 Å². The number of carbonyl (C=O) groups excluding carboxylic acids is 2. The van der Waals surface area contributed by atoms with Crippen molar-refractivity contribution in [3.63, 3.8) is 0 Å². The van der Waals surface area contributed by atoms with E-state index >= 15 is 0 Å². The first-order chi connectivity index (χ1) is 13.7. The van der Waals surface area contributed by atoms with E-state index in [9.17, 15) is 27.2 Å². The number of piperidine rings is 1. The molecule has 3 rings (SSSR count). The third-order valence-corrected chi connectivity index (χ3v) is 5.09. The largest absolute Gasteiger partial charge is 0.417 e. The second-order valence-corrected chi connectivity index (χ2v) is 7.09. The molecule has 1 saturated heterocycles. The molecule has 1 aliphatic rings. The van der Waals surface area contributed by atoms with E-state index in [0.29, 0.717) is 12.8 Å². The van der Waals surface area contributed by atoms with Crippen molar-refractivity contribution in [2.45, 2.75) is 25.1 Å². The van der Waals surface area contributed by atoms with Gasteiger partial charge in [-0.2, -0.15) is 13.2 Å². The lowest BCUT2D eigenvalue weighted by Crippen LogP contribution is -2.47. The van der Waals surface area contributed by atoms with Gasteiger partial charge in [-0.25, -0.2) is 4.39 Å². The van der Waals surface area contributed by atoms with Crippen molar-refractivity contribution in [2.75, 3.05) is 13.1 Å². The summed E-state index contributed by atoms with van der Waals surface area (Å²) in [6.45, 7) is 0.335. The van der Waals surface area contributed by atoms with Crippen LogP contribution in [-0.4, -0.2) is 35.8 Å². The molecule has 2 amide bonds. The number of carbonyl (C=O) groups is 2. The Hall–Kier alpha value is -2.61. The van der Waals surface area contributed by atoms with Crippen molar-refractivity contribution >= 4 is 23.4 Å². The van der Waals surface area contributed by atoms with Gasteiger partial charge >= 0.3 is 6.18 Å². The summed E-state index contributed by atoms with van der Waals surface area (Å²) in [5, 5.41) is 2.66. The molecule has 1 aliphatic heterocycles. The van der Waals surface area contributed by atoms with E-state index in [2.05, 4.69) is 5.32 Å². The van der Waals surface area contributed by atoms with Crippen LogP contribution in [0.1, 0.15) is 39.1 Å². The fourth-order valence-corrected chi connectivity index (χ4v) is 3.54. The molecule has 0 unspecified atom stereocenters. The number of benzene rings is 2. The Balaban J connectivity index is 1.64. The van der Waals surface area contributed by atoms with Crippen LogP contribution in [0.3, 0.4) is 0 Å². The molecule has 2 aromatic rings. The lowest BCUT2D eigenvalue weighted by molar-refractivity contribution is -0.138. The number of likely N-dealkylation sites (tertiary alicyclic amines) is 1. The first-order valence-corrected chi connectivity index (χ1v) is 9.26. The highest BCUT2D eigenvalue weighted by atomic mass is 35.5. The van der Waals surface area contributed by atoms with Crippen LogP contribution in [0.15, 0.2) is 42.5 Å². The van der Waals surface area contributed by atoms with Gasteiger partial charge in [0.1, 0.15) is 5.82 Å². The van der Waals surface area contributed by atoms with Crippen molar-refractivity contribution in [2.24, 2.45) is 0 Å². The summed E-state index contributed by atoms with van der Waals surface area (Å²) in [7, 11) is 0. The quantitative estimate of drug-likeness (QED) is 0.730. The molecule has 0 aliphatic carbocycles. The lowest BCUT2D eigenvalue weighted by Gasteiger charge is -2.33. The van der Waals surface area contributed by atoms with Gasteiger partial charge < -0.3 is 10.2 Å². The molecule has 1 N–H and O–H groups in total. The normalized spacial score (nSPS) is 15.3. The fourth-order valence-electron chi connectivity index (χ4n) is 3.29. The molecule has 1 heterocycles. The number of alkyl halides is 3. The first-order valence-electron chi connectivity index (χ1n) is 8.89. The molecule has 0 aromatic heterocycles. The predicted molar refractivity (Wildman–Crippen MR) is 99.2 cm³/mol. The van der Waals surface area contributed by atoms with Gasteiger partial charge in [0, 0.05) is 19.1 Å². The molecule has 0 bridgehead atoms. The number of nitrogens with one attached hydrogen (secondary N) is 1. The van der Waals surface area contributed by atoms with Crippen molar-refractivity contribution in [3.8, 4) is 0 Å². The fraction of sp³-hybridized carbons (Fsp3) is 0.300. The van der Waals surface area contributed by atoms with Crippen LogP contribution in [0, 0.1) is 5.82 Å². The number of amides is 2. The second-order valence-electron chi connectivity index (χ2n) is 6.68. The summed E-state index contributed by atoms with van der Waals surface area (Å²) in [6, 6.07) is 8.21. The lowest BCUT2D eigenvalue weighted by atomic mass is 10.0. The summed E-state index contributed by atoms with van der Waals surface area (Å²) in [5.74, 6) is -2.12. The Bertz CT molecular complexity index is 905. The Morgan fingerprint density at radius 1 is 1.03 bits per heavy atom. The van der Waals surface area contributed by atoms with E-state index in [1.165, 1.54) is 29.2 Å². The summed E-state index contributed by atoms with van der Waals surface area (Å²) in [6.07, 6.45) is -3.97. The van der Waals surface area contributed by atoms with Crippen molar-refractivity contribution in [1.29, 1.82) is 0 Å². The highest BCUT2D eigenvalue weighted by Crippen LogP contribution is 2.32. The van der Waals surface area contributed by atoms with Crippen LogP contribution in [0.5, 0.6) is 0 Å². The molecule has 9 heteroatoms. The van der Waals surface area contributed by atoms with E-state index in [1.807, 2.05) is 0 Å². The zero-order valence-electron chi connectivity index (χ0n) is 15.1. The Kier molecular flexibility index (Phi) is 6.12. The number of rotatable bonds is 3. The van der Waals surface area contributed by atoms with Gasteiger partial charge in [-0.1, -0.05) is 29.8 Å². The zero-order valence-corrected chi connectivity index (χ0v) is 15.9. The third-order valence-electron chi connectivity index (χ3n) is 4.77. The molecule has 0 atom stereocenters. The first kappa shape index (κ1) is 21.1. The minimum absolute atomic E-state index is 0.0149. The summed E-state index contributed by atoms with van der Waals surface area (Å²) >= 11 is 5.88. The van der Waals surface area contributed by atoms with Crippen LogP contribution in [-0.2, 0) is 6.18 Å². The summed E-state index contributed by atoms with van der Waals surface area (Å²) in [4.78, 5) is 26.2. The minimum atomic E-state index is -4.63. The predicted octanol–water partition coefficient (Wildman–Crippen LogP) is 4.53. The van der Waals surface area contributed by atoms with Gasteiger partial charge in [0.05, 0.1) is 21.7 Å². The van der Waals surface area contributed by atoms with Gasteiger partial charge in [-0.3, -0.25) is 9.59 Å². The van der Waals surface area contributed by atoms with Gasteiger partial charge in [-0.15, -0.1) is 0 Å². The monoisotopic (exact) mass is 428 g/mol. The number of nitrogens with zero attached hydrogens (tertiary/aromatic N) is 1. The standard InChI is InChI=1S/C20H17ClF4N2O2/c21-15-6-3-7-16(22)17(15)18(28)26-12-8-10-27(11-9-12)19(29)13-4-1-2-5-14(13)20(23,24)25/h1-7,12H,8-11H2,(H,26,28). The van der Waals surface area contributed by atoms with E-state index in [1.54, 1.807) is 0 Å². The number of hydrogen-bond donors (Lipinski definition) is 1. The molecule has 1 fully saturated rings. The van der Waals surface area contributed by atoms with Crippen LogP contribution < -0.4 is 5.32 Å². The average Bonchev–Trinajstić information content (AvgIpc) is 2.67. The Morgan fingerprint density at radius 3 is 2.31 bits per heavy atom. The Labute approximate surface area is 169 Å². The topological polar surface area (TPSA) is 49.4 Å². The average molecular weight is 429 g/mol. The molecular weight excluding hydrogens is 412 g/mol. The van der Waals surface area contributed by atoms with Crippen molar-refractivity contribution in [1.82, 2.24) is 10.2 Å². The zero-order chi connectivity index (χ0) is 21.2. The van der Waals surface area contributed by atoms with E-state index < -0.39 is 34.9 Å². The minimum Gasteiger partial charge on any atom is -0.349 e. The van der Waals surface area contributed by atoms with Crippen molar-refractivity contribution in [3.05, 3.63) is 70.0 Å². The highest BCUT2D eigenvalue weighted by Gasteiger charge is 2.36. The number of halogens is 5.